The first-order valence-electron chi connectivity index (χ1n) is 9.79. The Kier molecular flexibility index (Phi) is 6.57. The summed E-state index contributed by atoms with van der Waals surface area (Å²) in [5.41, 5.74) is 4.60. The molecule has 0 spiro atoms. The second-order valence-electron chi connectivity index (χ2n) is 7.38. The van der Waals surface area contributed by atoms with Gasteiger partial charge in [0.05, 0.1) is 4.90 Å². The molecule has 0 radical (unpaired) electrons. The summed E-state index contributed by atoms with van der Waals surface area (Å²) in [6.07, 6.45) is 0.706. The standard InChI is InChI=1S/C24H26N2O3S/c1-17-10-12-22(15-19(17)3)26-30(28,29)23-16-21(11-9-18(23)2)24(27)25-14-13-20-7-5-4-6-8-20/h4-12,15-16,26H,13-14H2,1-3H3,(H,25,27). The Balaban J connectivity index is 1.74. The average Bonchev–Trinajstić information content (AvgIpc) is 2.71. The molecule has 0 unspecified atom stereocenters. The maximum Gasteiger partial charge on any atom is 0.262 e. The first kappa shape index (κ1) is 21.6. The van der Waals surface area contributed by atoms with Gasteiger partial charge in [0.2, 0.25) is 0 Å². The minimum atomic E-state index is -3.82. The molecule has 0 saturated carbocycles. The van der Waals surface area contributed by atoms with Crippen molar-refractivity contribution in [2.24, 2.45) is 0 Å². The number of aryl methyl sites for hydroxylation is 3. The van der Waals surface area contributed by atoms with Gasteiger partial charge in [-0.3, -0.25) is 9.52 Å². The van der Waals surface area contributed by atoms with Crippen LogP contribution in [-0.2, 0) is 16.4 Å². The number of carbonyl (C=O) groups excluding carboxylic acids is 1. The summed E-state index contributed by atoms with van der Waals surface area (Å²) in [5.74, 6) is -0.298. The van der Waals surface area contributed by atoms with E-state index in [1.165, 1.54) is 6.07 Å². The lowest BCUT2D eigenvalue weighted by Crippen LogP contribution is -2.26. The van der Waals surface area contributed by atoms with Gasteiger partial charge in [0.25, 0.3) is 15.9 Å². The Morgan fingerprint density at radius 3 is 2.23 bits per heavy atom. The summed E-state index contributed by atoms with van der Waals surface area (Å²) >= 11 is 0. The first-order valence-corrected chi connectivity index (χ1v) is 11.3. The molecular weight excluding hydrogens is 396 g/mol. The molecular formula is C24H26N2O3S. The maximum absolute atomic E-state index is 12.9. The van der Waals surface area contributed by atoms with Crippen molar-refractivity contribution in [3.05, 3.63) is 94.5 Å². The number of nitrogens with one attached hydrogen (secondary N) is 2. The molecule has 30 heavy (non-hydrogen) atoms. The van der Waals surface area contributed by atoms with Crippen molar-refractivity contribution in [3.8, 4) is 0 Å². The van der Waals surface area contributed by atoms with Gasteiger partial charge in [0, 0.05) is 17.8 Å². The Morgan fingerprint density at radius 1 is 0.833 bits per heavy atom. The molecule has 1 amide bonds. The van der Waals surface area contributed by atoms with Crippen LogP contribution < -0.4 is 10.0 Å². The summed E-state index contributed by atoms with van der Waals surface area (Å²) in [5, 5.41) is 2.85. The van der Waals surface area contributed by atoms with Crippen LogP contribution in [0.5, 0.6) is 0 Å². The van der Waals surface area contributed by atoms with Crippen LogP contribution in [0.25, 0.3) is 0 Å². The van der Waals surface area contributed by atoms with Gasteiger partial charge in [-0.25, -0.2) is 8.42 Å². The highest BCUT2D eigenvalue weighted by molar-refractivity contribution is 7.92. The van der Waals surface area contributed by atoms with Crippen LogP contribution in [0.2, 0.25) is 0 Å². The van der Waals surface area contributed by atoms with E-state index in [-0.39, 0.29) is 10.8 Å². The fourth-order valence-electron chi connectivity index (χ4n) is 3.11. The molecule has 3 rings (SSSR count). The molecule has 0 saturated heterocycles. The molecule has 0 atom stereocenters. The molecule has 0 heterocycles. The zero-order valence-corrected chi connectivity index (χ0v) is 18.2. The lowest BCUT2D eigenvalue weighted by atomic mass is 10.1. The molecule has 3 aromatic carbocycles. The molecule has 156 valence electrons. The first-order chi connectivity index (χ1) is 14.3. The molecule has 2 N–H and O–H groups in total. The third-order valence-corrected chi connectivity index (χ3v) is 6.56. The molecule has 0 aliphatic heterocycles. The monoisotopic (exact) mass is 422 g/mol. The van der Waals surface area contributed by atoms with E-state index in [9.17, 15) is 13.2 Å². The highest BCUT2D eigenvalue weighted by atomic mass is 32.2. The van der Waals surface area contributed by atoms with Gasteiger partial charge in [-0.1, -0.05) is 42.5 Å². The van der Waals surface area contributed by atoms with E-state index in [1.54, 1.807) is 31.2 Å². The molecule has 6 heteroatoms. The van der Waals surface area contributed by atoms with Crippen LogP contribution in [0.1, 0.15) is 32.6 Å². The minimum absolute atomic E-state index is 0.0939. The van der Waals surface area contributed by atoms with Crippen LogP contribution in [0, 0.1) is 20.8 Å². The van der Waals surface area contributed by atoms with Crippen molar-refractivity contribution >= 4 is 21.6 Å². The van der Waals surface area contributed by atoms with E-state index in [0.29, 0.717) is 29.8 Å². The van der Waals surface area contributed by atoms with Gasteiger partial charge in [-0.2, -0.15) is 0 Å². The lowest BCUT2D eigenvalue weighted by Gasteiger charge is -2.13. The number of carbonyl (C=O) groups is 1. The van der Waals surface area contributed by atoms with Gasteiger partial charge < -0.3 is 5.32 Å². The molecule has 3 aromatic rings. The third kappa shape index (κ3) is 5.27. The molecule has 0 bridgehead atoms. The summed E-state index contributed by atoms with van der Waals surface area (Å²) in [6, 6.07) is 20.0. The van der Waals surface area contributed by atoms with Crippen LogP contribution in [0.15, 0.2) is 71.6 Å². The van der Waals surface area contributed by atoms with Crippen molar-refractivity contribution in [2.45, 2.75) is 32.1 Å². The number of anilines is 1. The summed E-state index contributed by atoms with van der Waals surface area (Å²) < 4.78 is 28.5. The smallest absolute Gasteiger partial charge is 0.262 e. The van der Waals surface area contributed by atoms with E-state index < -0.39 is 10.0 Å². The SMILES string of the molecule is Cc1ccc(NS(=O)(=O)c2cc(C(=O)NCCc3ccccc3)ccc2C)cc1C. The van der Waals surface area contributed by atoms with E-state index in [4.69, 9.17) is 0 Å². The Labute approximate surface area is 178 Å². The Morgan fingerprint density at radius 2 is 1.53 bits per heavy atom. The number of amides is 1. The number of rotatable bonds is 7. The zero-order chi connectivity index (χ0) is 21.7. The molecule has 0 fully saturated rings. The second kappa shape index (κ2) is 9.13. The quantitative estimate of drug-likeness (QED) is 0.593. The van der Waals surface area contributed by atoms with Crippen molar-refractivity contribution in [1.82, 2.24) is 5.32 Å². The Hall–Kier alpha value is -3.12. The number of sulfonamides is 1. The van der Waals surface area contributed by atoms with E-state index in [2.05, 4.69) is 10.0 Å². The molecule has 0 aliphatic carbocycles. The summed E-state index contributed by atoms with van der Waals surface area (Å²) in [7, 11) is -3.82. The third-order valence-electron chi connectivity index (χ3n) is 5.04. The van der Waals surface area contributed by atoms with Gasteiger partial charge in [-0.05, 0) is 73.7 Å². The number of hydrogen-bond donors (Lipinski definition) is 2. The van der Waals surface area contributed by atoms with Crippen molar-refractivity contribution in [1.29, 1.82) is 0 Å². The van der Waals surface area contributed by atoms with Gasteiger partial charge in [0.1, 0.15) is 0 Å². The van der Waals surface area contributed by atoms with Crippen molar-refractivity contribution in [3.63, 3.8) is 0 Å². The summed E-state index contributed by atoms with van der Waals surface area (Å²) in [4.78, 5) is 12.6. The Bertz CT molecular complexity index is 1160. The van der Waals surface area contributed by atoms with Crippen LogP contribution in [-0.4, -0.2) is 20.9 Å². The molecule has 5 nitrogen and oxygen atoms in total. The number of hydrogen-bond acceptors (Lipinski definition) is 3. The predicted octanol–water partition coefficient (Wildman–Crippen LogP) is 4.39. The number of benzene rings is 3. The highest BCUT2D eigenvalue weighted by Crippen LogP contribution is 2.22. The van der Waals surface area contributed by atoms with Gasteiger partial charge >= 0.3 is 0 Å². The molecule has 0 aromatic heterocycles. The predicted molar refractivity (Wildman–Crippen MR) is 120 cm³/mol. The van der Waals surface area contributed by atoms with Crippen molar-refractivity contribution < 1.29 is 13.2 Å². The fourth-order valence-corrected chi connectivity index (χ4v) is 4.43. The van der Waals surface area contributed by atoms with Crippen molar-refractivity contribution in [2.75, 3.05) is 11.3 Å². The highest BCUT2D eigenvalue weighted by Gasteiger charge is 2.19. The maximum atomic E-state index is 12.9. The van der Waals surface area contributed by atoms with Gasteiger partial charge in [0.15, 0.2) is 0 Å². The fraction of sp³-hybridized carbons (Fsp3) is 0.208. The minimum Gasteiger partial charge on any atom is -0.352 e. The van der Waals surface area contributed by atoms with E-state index >= 15 is 0 Å². The second-order valence-corrected chi connectivity index (χ2v) is 9.03. The molecule has 0 aliphatic rings. The van der Waals surface area contributed by atoms with E-state index in [1.807, 2.05) is 50.2 Å². The lowest BCUT2D eigenvalue weighted by molar-refractivity contribution is 0.0954. The topological polar surface area (TPSA) is 75.3 Å². The van der Waals surface area contributed by atoms with Crippen LogP contribution in [0.4, 0.5) is 5.69 Å². The summed E-state index contributed by atoms with van der Waals surface area (Å²) in [6.45, 7) is 6.09. The zero-order valence-electron chi connectivity index (χ0n) is 17.4. The average molecular weight is 423 g/mol. The van der Waals surface area contributed by atoms with Gasteiger partial charge in [-0.15, -0.1) is 0 Å². The normalized spacial score (nSPS) is 11.2. The van der Waals surface area contributed by atoms with Crippen LogP contribution >= 0.6 is 0 Å². The largest absolute Gasteiger partial charge is 0.352 e. The van der Waals surface area contributed by atoms with Crippen LogP contribution in [0.3, 0.4) is 0 Å². The van der Waals surface area contributed by atoms with E-state index in [0.717, 1.165) is 16.7 Å².